The van der Waals surface area contributed by atoms with Crippen molar-refractivity contribution in [1.82, 2.24) is 20.6 Å². The Morgan fingerprint density at radius 2 is 2.00 bits per heavy atom. The minimum Gasteiger partial charge on any atom is -0.490 e. The normalized spacial score (nSPS) is 24.2. The Bertz CT molecular complexity index is 806. The molecule has 2 aliphatic rings. The van der Waals surface area contributed by atoms with Crippen molar-refractivity contribution in [3.63, 3.8) is 0 Å². The van der Waals surface area contributed by atoms with Crippen LogP contribution >= 0.6 is 0 Å². The third-order valence-electron chi connectivity index (χ3n) is 5.24. The van der Waals surface area contributed by atoms with Crippen LogP contribution < -0.4 is 20.1 Å². The highest BCUT2D eigenvalue weighted by Crippen LogP contribution is 2.26. The molecule has 2 aromatic rings. The topological polar surface area (TPSA) is 68.3 Å². The third-order valence-corrected chi connectivity index (χ3v) is 5.24. The average molecular weight is 366 g/mol. The van der Waals surface area contributed by atoms with Crippen molar-refractivity contribution in [2.24, 2.45) is 5.92 Å². The molecule has 2 aliphatic heterocycles. The first-order valence-corrected chi connectivity index (χ1v) is 9.46. The van der Waals surface area contributed by atoms with Gasteiger partial charge in [0.2, 0.25) is 0 Å². The van der Waals surface area contributed by atoms with Gasteiger partial charge < -0.3 is 20.1 Å². The lowest BCUT2D eigenvalue weighted by molar-refractivity contribution is 0.169. The van der Waals surface area contributed by atoms with E-state index in [2.05, 4.69) is 26.7 Å². The Labute approximate surface area is 160 Å². The van der Waals surface area contributed by atoms with Gasteiger partial charge in [0, 0.05) is 36.9 Å². The van der Waals surface area contributed by atoms with E-state index < -0.39 is 0 Å². The van der Waals surface area contributed by atoms with Crippen LogP contribution in [0.1, 0.15) is 11.4 Å². The molecule has 4 heterocycles. The van der Waals surface area contributed by atoms with Crippen molar-refractivity contribution in [1.29, 1.82) is 0 Å². The van der Waals surface area contributed by atoms with Crippen LogP contribution in [0.25, 0.3) is 0 Å². The molecule has 3 atom stereocenters. The zero-order chi connectivity index (χ0) is 18.6. The van der Waals surface area contributed by atoms with Gasteiger partial charge in [-0.05, 0) is 38.1 Å². The Hall–Kier alpha value is -2.44. The summed E-state index contributed by atoms with van der Waals surface area (Å²) in [5, 5.41) is 7.01. The highest BCUT2D eigenvalue weighted by molar-refractivity contribution is 5.27. The lowest BCUT2D eigenvalue weighted by atomic mass is 9.85. The quantitative estimate of drug-likeness (QED) is 0.731. The van der Waals surface area contributed by atoms with Crippen molar-refractivity contribution in [3.8, 4) is 11.5 Å². The number of nitrogens with zero attached hydrogens (tertiary/aromatic N) is 2. The van der Waals surface area contributed by atoms with E-state index in [0.29, 0.717) is 25.2 Å². The molecule has 142 valence electrons. The average Bonchev–Trinajstić information content (AvgIpc) is 3.10. The Kier molecular flexibility index (Phi) is 5.36. The number of nitrogens with one attached hydrogen (secondary N) is 2. The van der Waals surface area contributed by atoms with E-state index in [0.717, 1.165) is 36.0 Å². The summed E-state index contributed by atoms with van der Waals surface area (Å²) in [7, 11) is 0. The predicted octanol–water partition coefficient (Wildman–Crippen LogP) is 2.04. The van der Waals surface area contributed by atoms with Gasteiger partial charge in [-0.15, -0.1) is 0 Å². The van der Waals surface area contributed by atoms with Gasteiger partial charge in [0.05, 0.1) is 17.9 Å². The summed E-state index contributed by atoms with van der Waals surface area (Å²) in [5.41, 5.74) is 3.37. The summed E-state index contributed by atoms with van der Waals surface area (Å²) < 4.78 is 11.8. The first-order chi connectivity index (χ1) is 13.2. The van der Waals surface area contributed by atoms with E-state index in [4.69, 9.17) is 9.47 Å². The van der Waals surface area contributed by atoms with Crippen molar-refractivity contribution in [2.75, 3.05) is 26.3 Å². The number of pyridine rings is 2. The Morgan fingerprint density at radius 1 is 1.07 bits per heavy atom. The van der Waals surface area contributed by atoms with Crippen molar-refractivity contribution in [3.05, 3.63) is 59.7 Å². The summed E-state index contributed by atoms with van der Waals surface area (Å²) in [6.07, 6.45) is 5.89. The lowest BCUT2D eigenvalue weighted by Gasteiger charge is -2.38. The molecular formula is C21H26N4O2. The SMILES string of the molecule is Cc1ccc(OC[C@H]2NCC2C2=C[C@@H](COc3cccnc3C)NC2)cn1. The van der Waals surface area contributed by atoms with Crippen LogP contribution in [0.15, 0.2) is 48.3 Å². The van der Waals surface area contributed by atoms with Gasteiger partial charge in [-0.1, -0.05) is 11.6 Å². The fourth-order valence-electron chi connectivity index (χ4n) is 3.48. The van der Waals surface area contributed by atoms with Crippen LogP contribution in [0.5, 0.6) is 11.5 Å². The third kappa shape index (κ3) is 4.28. The fraction of sp³-hybridized carbons (Fsp3) is 0.429. The van der Waals surface area contributed by atoms with Gasteiger partial charge in [0.15, 0.2) is 0 Å². The first-order valence-electron chi connectivity index (χ1n) is 9.46. The molecule has 1 fully saturated rings. The molecule has 0 aromatic carbocycles. The van der Waals surface area contributed by atoms with Gasteiger partial charge >= 0.3 is 0 Å². The number of aromatic nitrogens is 2. The molecule has 0 amide bonds. The van der Waals surface area contributed by atoms with Crippen LogP contribution in [-0.4, -0.2) is 48.4 Å². The molecule has 0 aliphatic carbocycles. The molecule has 1 saturated heterocycles. The van der Waals surface area contributed by atoms with Gasteiger partial charge in [0.25, 0.3) is 0 Å². The van der Waals surface area contributed by atoms with E-state index in [9.17, 15) is 0 Å². The number of aryl methyl sites for hydroxylation is 2. The van der Waals surface area contributed by atoms with Crippen LogP contribution in [0.4, 0.5) is 0 Å². The largest absolute Gasteiger partial charge is 0.490 e. The molecule has 0 bridgehead atoms. The molecule has 2 N–H and O–H groups in total. The highest BCUT2D eigenvalue weighted by atomic mass is 16.5. The molecule has 6 nitrogen and oxygen atoms in total. The van der Waals surface area contributed by atoms with E-state index >= 15 is 0 Å². The number of ether oxygens (including phenoxy) is 2. The van der Waals surface area contributed by atoms with Crippen LogP contribution in [0, 0.1) is 19.8 Å². The highest BCUT2D eigenvalue weighted by Gasteiger charge is 2.35. The summed E-state index contributed by atoms with van der Waals surface area (Å²) in [5.74, 6) is 2.19. The molecule has 0 spiro atoms. The van der Waals surface area contributed by atoms with Gasteiger partial charge in [-0.25, -0.2) is 0 Å². The second-order valence-corrected chi connectivity index (χ2v) is 7.19. The minimum atomic E-state index is 0.239. The summed E-state index contributed by atoms with van der Waals surface area (Å²) >= 11 is 0. The molecular weight excluding hydrogens is 340 g/mol. The molecule has 27 heavy (non-hydrogen) atoms. The van der Waals surface area contributed by atoms with Crippen molar-refractivity contribution < 1.29 is 9.47 Å². The zero-order valence-electron chi connectivity index (χ0n) is 15.8. The maximum atomic E-state index is 5.93. The van der Waals surface area contributed by atoms with E-state index in [1.165, 1.54) is 5.57 Å². The van der Waals surface area contributed by atoms with Crippen molar-refractivity contribution in [2.45, 2.75) is 25.9 Å². The second kappa shape index (κ2) is 8.06. The second-order valence-electron chi connectivity index (χ2n) is 7.19. The summed E-state index contributed by atoms with van der Waals surface area (Å²) in [6.45, 7) is 7.13. The Balaban J connectivity index is 1.28. The lowest BCUT2D eigenvalue weighted by Crippen LogP contribution is -2.57. The maximum absolute atomic E-state index is 5.93. The molecule has 0 radical (unpaired) electrons. The van der Waals surface area contributed by atoms with E-state index in [1.54, 1.807) is 12.4 Å². The van der Waals surface area contributed by atoms with E-state index in [-0.39, 0.29) is 6.04 Å². The number of hydrogen-bond acceptors (Lipinski definition) is 6. The summed E-state index contributed by atoms with van der Waals surface area (Å²) in [6, 6.07) is 8.40. The van der Waals surface area contributed by atoms with Crippen LogP contribution in [-0.2, 0) is 0 Å². The molecule has 4 rings (SSSR count). The molecule has 2 aromatic heterocycles. The van der Waals surface area contributed by atoms with Gasteiger partial charge in [-0.2, -0.15) is 0 Å². The van der Waals surface area contributed by atoms with Gasteiger partial charge in [-0.3, -0.25) is 9.97 Å². The molecule has 0 saturated carbocycles. The number of rotatable bonds is 7. The zero-order valence-corrected chi connectivity index (χ0v) is 15.8. The minimum absolute atomic E-state index is 0.239. The molecule has 6 heteroatoms. The van der Waals surface area contributed by atoms with Gasteiger partial charge in [0.1, 0.15) is 24.7 Å². The maximum Gasteiger partial charge on any atom is 0.140 e. The fourth-order valence-corrected chi connectivity index (χ4v) is 3.48. The van der Waals surface area contributed by atoms with Crippen LogP contribution in [0.3, 0.4) is 0 Å². The van der Waals surface area contributed by atoms with E-state index in [1.807, 2.05) is 38.1 Å². The first kappa shape index (κ1) is 17.9. The number of hydrogen-bond donors (Lipinski definition) is 2. The monoisotopic (exact) mass is 366 g/mol. The standard InChI is InChI=1S/C21H26N4O2/c1-14-5-6-18(10-23-14)26-13-20-19(11-25-20)16-8-17(24-9-16)12-27-21-4-3-7-22-15(21)2/h3-8,10,17,19-20,24-25H,9,11-13H2,1-2H3/t17-,19?,20+/m0/s1. The smallest absolute Gasteiger partial charge is 0.140 e. The summed E-state index contributed by atoms with van der Waals surface area (Å²) in [4.78, 5) is 8.54. The van der Waals surface area contributed by atoms with Crippen molar-refractivity contribution >= 4 is 0 Å². The Morgan fingerprint density at radius 3 is 2.74 bits per heavy atom. The predicted molar refractivity (Wildman–Crippen MR) is 104 cm³/mol. The van der Waals surface area contributed by atoms with Crippen LogP contribution in [0.2, 0.25) is 0 Å². The molecule has 1 unspecified atom stereocenters.